The lowest BCUT2D eigenvalue weighted by Crippen LogP contribution is -2.36. The topological polar surface area (TPSA) is 58.1 Å². The summed E-state index contributed by atoms with van der Waals surface area (Å²) in [4.78, 5) is 29.3. The third-order valence-electron chi connectivity index (χ3n) is 4.00. The number of amides is 1. The minimum Gasteiger partial charge on any atom is -0.337 e. The Bertz CT molecular complexity index is 694. The number of rotatable bonds is 2. The van der Waals surface area contributed by atoms with Crippen LogP contribution in [0.15, 0.2) is 35.1 Å². The summed E-state index contributed by atoms with van der Waals surface area (Å²) in [6.07, 6.45) is 3.24. The molecular weight excluding hydrogens is 266 g/mol. The molecule has 0 bridgehead atoms. The number of benzene rings is 1. The number of carbonyl (C=O) groups excluding carboxylic acids is 1. The first-order valence-electron chi connectivity index (χ1n) is 7.35. The molecule has 3 rings (SSSR count). The molecule has 0 aliphatic carbocycles. The molecule has 1 amide bonds. The van der Waals surface area contributed by atoms with Crippen LogP contribution in [0.4, 0.5) is 0 Å². The Kier molecular flexibility index (Phi) is 3.64. The zero-order chi connectivity index (χ0) is 14.8. The normalized spacial score (nSPS) is 15.2. The van der Waals surface area contributed by atoms with Crippen LogP contribution in [0.5, 0.6) is 0 Å². The van der Waals surface area contributed by atoms with Crippen LogP contribution in [-0.2, 0) is 0 Å². The molecule has 0 radical (unpaired) electrons. The van der Waals surface area contributed by atoms with E-state index in [9.17, 15) is 9.59 Å². The van der Waals surface area contributed by atoms with Gasteiger partial charge in [-0.05, 0) is 38.3 Å². The summed E-state index contributed by atoms with van der Waals surface area (Å²) in [5.41, 5.74) is 1.58. The molecule has 1 aromatic heterocycles. The van der Waals surface area contributed by atoms with Crippen molar-refractivity contribution >= 4 is 5.91 Å². The highest BCUT2D eigenvalue weighted by molar-refractivity contribution is 5.93. The minimum atomic E-state index is -0.265. The van der Waals surface area contributed by atoms with Gasteiger partial charge < -0.3 is 9.88 Å². The molecular formula is C16H19N3O2. The second kappa shape index (κ2) is 5.60. The second-order valence-corrected chi connectivity index (χ2v) is 5.41. The Labute approximate surface area is 123 Å². The SMILES string of the molecule is Cc1c(C(=O)N2CCCCC2)[nH]c(=O)n1-c1ccccc1. The summed E-state index contributed by atoms with van der Waals surface area (Å²) >= 11 is 0. The van der Waals surface area contributed by atoms with Crippen molar-refractivity contribution in [3.63, 3.8) is 0 Å². The molecule has 0 atom stereocenters. The lowest BCUT2D eigenvalue weighted by Gasteiger charge is -2.26. The van der Waals surface area contributed by atoms with Crippen molar-refractivity contribution in [3.05, 3.63) is 52.2 Å². The predicted octanol–water partition coefficient (Wildman–Crippen LogP) is 2.10. The van der Waals surface area contributed by atoms with Crippen LogP contribution in [0, 0.1) is 6.92 Å². The quantitative estimate of drug-likeness (QED) is 0.918. The number of imidazole rings is 1. The molecule has 0 spiro atoms. The predicted molar refractivity (Wildman–Crippen MR) is 80.9 cm³/mol. The maximum absolute atomic E-state index is 12.6. The molecule has 1 aliphatic rings. The molecule has 1 fully saturated rings. The van der Waals surface area contributed by atoms with Crippen molar-refractivity contribution in [2.75, 3.05) is 13.1 Å². The van der Waals surface area contributed by atoms with E-state index in [1.54, 1.807) is 4.57 Å². The van der Waals surface area contributed by atoms with Crippen molar-refractivity contribution in [3.8, 4) is 5.69 Å². The van der Waals surface area contributed by atoms with Crippen molar-refractivity contribution < 1.29 is 4.79 Å². The summed E-state index contributed by atoms with van der Waals surface area (Å²) in [6.45, 7) is 3.36. The van der Waals surface area contributed by atoms with E-state index in [0.29, 0.717) is 11.4 Å². The van der Waals surface area contributed by atoms with Gasteiger partial charge in [-0.2, -0.15) is 0 Å². The molecule has 1 aromatic carbocycles. The van der Waals surface area contributed by atoms with Crippen LogP contribution < -0.4 is 5.69 Å². The minimum absolute atomic E-state index is 0.0704. The van der Waals surface area contributed by atoms with Crippen molar-refractivity contribution in [2.24, 2.45) is 0 Å². The van der Waals surface area contributed by atoms with Crippen LogP contribution in [-0.4, -0.2) is 33.4 Å². The Morgan fingerprint density at radius 2 is 1.76 bits per heavy atom. The number of H-pyrrole nitrogens is 1. The standard InChI is InChI=1S/C16H19N3O2/c1-12-14(15(20)18-10-6-3-7-11-18)17-16(21)19(12)13-8-4-2-5-9-13/h2,4-5,8-9H,3,6-7,10-11H2,1H3,(H,17,21). The molecule has 5 nitrogen and oxygen atoms in total. The maximum Gasteiger partial charge on any atom is 0.330 e. The Morgan fingerprint density at radius 1 is 1.10 bits per heavy atom. The Balaban J connectivity index is 1.98. The molecule has 0 unspecified atom stereocenters. The maximum atomic E-state index is 12.6. The number of aromatic amines is 1. The fourth-order valence-corrected chi connectivity index (χ4v) is 2.87. The highest BCUT2D eigenvalue weighted by Gasteiger charge is 2.23. The van der Waals surface area contributed by atoms with Gasteiger partial charge in [-0.3, -0.25) is 9.36 Å². The number of nitrogens with zero attached hydrogens (tertiary/aromatic N) is 2. The van der Waals surface area contributed by atoms with Gasteiger partial charge in [-0.1, -0.05) is 18.2 Å². The summed E-state index contributed by atoms with van der Waals surface area (Å²) < 4.78 is 1.55. The molecule has 1 N–H and O–H groups in total. The van der Waals surface area contributed by atoms with Crippen LogP contribution in [0.1, 0.15) is 35.4 Å². The van der Waals surface area contributed by atoms with Crippen LogP contribution in [0.2, 0.25) is 0 Å². The molecule has 1 aliphatic heterocycles. The first-order chi connectivity index (χ1) is 10.2. The van der Waals surface area contributed by atoms with Crippen molar-refractivity contribution in [1.82, 2.24) is 14.5 Å². The first kappa shape index (κ1) is 13.7. The van der Waals surface area contributed by atoms with Gasteiger partial charge in [0, 0.05) is 13.1 Å². The van der Waals surface area contributed by atoms with Gasteiger partial charge in [-0.15, -0.1) is 0 Å². The molecule has 21 heavy (non-hydrogen) atoms. The van der Waals surface area contributed by atoms with Crippen LogP contribution in [0.25, 0.3) is 5.69 Å². The van der Waals surface area contributed by atoms with E-state index in [4.69, 9.17) is 0 Å². The average Bonchev–Trinajstić information content (AvgIpc) is 2.83. The highest BCUT2D eigenvalue weighted by Crippen LogP contribution is 2.16. The highest BCUT2D eigenvalue weighted by atomic mass is 16.2. The lowest BCUT2D eigenvalue weighted by molar-refractivity contribution is 0.0718. The van der Waals surface area contributed by atoms with E-state index < -0.39 is 0 Å². The Hall–Kier alpha value is -2.30. The summed E-state index contributed by atoms with van der Waals surface area (Å²) in [5.74, 6) is -0.0704. The van der Waals surface area contributed by atoms with Crippen molar-refractivity contribution in [2.45, 2.75) is 26.2 Å². The molecule has 2 aromatic rings. The van der Waals surface area contributed by atoms with Gasteiger partial charge in [0.15, 0.2) is 0 Å². The molecule has 110 valence electrons. The Morgan fingerprint density at radius 3 is 2.43 bits per heavy atom. The number of nitrogens with one attached hydrogen (secondary N) is 1. The summed E-state index contributed by atoms with van der Waals surface area (Å²) in [5, 5.41) is 0. The fourth-order valence-electron chi connectivity index (χ4n) is 2.87. The molecule has 1 saturated heterocycles. The van der Waals surface area contributed by atoms with Gasteiger partial charge in [0.05, 0.1) is 11.4 Å². The number of hydrogen-bond donors (Lipinski definition) is 1. The number of piperidine rings is 1. The number of para-hydroxylation sites is 1. The second-order valence-electron chi connectivity index (χ2n) is 5.41. The van der Waals surface area contributed by atoms with Crippen molar-refractivity contribution in [1.29, 1.82) is 0 Å². The van der Waals surface area contributed by atoms with Crippen LogP contribution in [0.3, 0.4) is 0 Å². The van der Waals surface area contributed by atoms with E-state index in [1.165, 1.54) is 6.42 Å². The largest absolute Gasteiger partial charge is 0.337 e. The van der Waals surface area contributed by atoms with E-state index >= 15 is 0 Å². The molecule has 5 heteroatoms. The van der Waals surface area contributed by atoms with Gasteiger partial charge >= 0.3 is 5.69 Å². The van der Waals surface area contributed by atoms with E-state index in [-0.39, 0.29) is 11.6 Å². The molecule has 2 heterocycles. The molecule has 0 saturated carbocycles. The third-order valence-corrected chi connectivity index (χ3v) is 4.00. The number of likely N-dealkylation sites (tertiary alicyclic amines) is 1. The smallest absolute Gasteiger partial charge is 0.330 e. The van der Waals surface area contributed by atoms with E-state index in [0.717, 1.165) is 31.6 Å². The van der Waals surface area contributed by atoms with Gasteiger partial charge in [0.2, 0.25) is 0 Å². The fraction of sp³-hybridized carbons (Fsp3) is 0.375. The zero-order valence-corrected chi connectivity index (χ0v) is 12.1. The number of aromatic nitrogens is 2. The van der Waals surface area contributed by atoms with E-state index in [2.05, 4.69) is 4.98 Å². The van der Waals surface area contributed by atoms with Gasteiger partial charge in [-0.25, -0.2) is 4.79 Å². The zero-order valence-electron chi connectivity index (χ0n) is 12.1. The van der Waals surface area contributed by atoms with Gasteiger partial charge in [0.25, 0.3) is 5.91 Å². The third kappa shape index (κ3) is 2.51. The first-order valence-corrected chi connectivity index (χ1v) is 7.35. The monoisotopic (exact) mass is 285 g/mol. The summed E-state index contributed by atoms with van der Waals surface area (Å²) in [7, 11) is 0. The number of hydrogen-bond acceptors (Lipinski definition) is 2. The number of carbonyl (C=O) groups is 1. The van der Waals surface area contributed by atoms with E-state index in [1.807, 2.05) is 42.2 Å². The summed E-state index contributed by atoms with van der Waals surface area (Å²) in [6, 6.07) is 9.37. The van der Waals surface area contributed by atoms with Crippen LogP contribution >= 0.6 is 0 Å². The lowest BCUT2D eigenvalue weighted by atomic mass is 10.1. The van der Waals surface area contributed by atoms with Gasteiger partial charge in [0.1, 0.15) is 5.69 Å². The average molecular weight is 285 g/mol.